The summed E-state index contributed by atoms with van der Waals surface area (Å²) >= 11 is 0. The van der Waals surface area contributed by atoms with E-state index in [0.29, 0.717) is 0 Å². The fourth-order valence-electron chi connectivity index (χ4n) is 5.07. The molecule has 0 amide bonds. The summed E-state index contributed by atoms with van der Waals surface area (Å²) < 4.78 is 0. The van der Waals surface area contributed by atoms with Crippen molar-refractivity contribution in [2.45, 2.75) is 97.4 Å². The first-order valence-electron chi connectivity index (χ1n) is 9.92. The fraction of sp³-hybridized carbons (Fsp3) is 1.00. The molecule has 1 nitrogen and oxygen atoms in total. The molecule has 0 aromatic carbocycles. The van der Waals surface area contributed by atoms with E-state index in [1.807, 2.05) is 0 Å². The zero-order valence-corrected chi connectivity index (χ0v) is 14.9. The van der Waals surface area contributed by atoms with Crippen molar-refractivity contribution in [1.82, 2.24) is 5.32 Å². The van der Waals surface area contributed by atoms with Gasteiger partial charge >= 0.3 is 0 Å². The highest BCUT2D eigenvalue weighted by molar-refractivity contribution is 4.85. The van der Waals surface area contributed by atoms with Gasteiger partial charge in [0.2, 0.25) is 0 Å². The van der Waals surface area contributed by atoms with Gasteiger partial charge in [0.05, 0.1) is 0 Å². The molecule has 3 atom stereocenters. The molecule has 2 fully saturated rings. The van der Waals surface area contributed by atoms with Crippen molar-refractivity contribution >= 4 is 0 Å². The van der Waals surface area contributed by atoms with Crippen LogP contribution in [0.4, 0.5) is 0 Å². The predicted molar refractivity (Wildman–Crippen MR) is 93.6 cm³/mol. The minimum Gasteiger partial charge on any atom is -0.314 e. The molecule has 1 N–H and O–H groups in total. The van der Waals surface area contributed by atoms with Gasteiger partial charge in [-0.1, -0.05) is 59.3 Å². The maximum atomic E-state index is 3.95. The Balaban J connectivity index is 1.92. The molecule has 124 valence electrons. The zero-order valence-electron chi connectivity index (χ0n) is 14.9. The van der Waals surface area contributed by atoms with Gasteiger partial charge in [0, 0.05) is 6.04 Å². The van der Waals surface area contributed by atoms with Crippen molar-refractivity contribution in [3.8, 4) is 0 Å². The quantitative estimate of drug-likeness (QED) is 0.611. The van der Waals surface area contributed by atoms with Crippen molar-refractivity contribution in [3.63, 3.8) is 0 Å². The first-order valence-corrected chi connectivity index (χ1v) is 9.92. The van der Waals surface area contributed by atoms with Crippen LogP contribution in [0.5, 0.6) is 0 Å². The highest BCUT2D eigenvalue weighted by Crippen LogP contribution is 2.37. The van der Waals surface area contributed by atoms with E-state index in [9.17, 15) is 0 Å². The summed E-state index contributed by atoms with van der Waals surface area (Å²) in [5.74, 6) is 3.84. The molecule has 0 aromatic rings. The summed E-state index contributed by atoms with van der Waals surface area (Å²) in [5, 5.41) is 3.95. The van der Waals surface area contributed by atoms with Crippen LogP contribution in [0.15, 0.2) is 0 Å². The van der Waals surface area contributed by atoms with E-state index in [1.54, 1.807) is 0 Å². The van der Waals surface area contributed by atoms with Crippen LogP contribution in [0.25, 0.3) is 0 Å². The molecular weight excluding hydrogens is 254 g/mol. The monoisotopic (exact) mass is 293 g/mol. The molecule has 0 saturated heterocycles. The number of nitrogens with one attached hydrogen (secondary N) is 1. The molecule has 0 radical (unpaired) electrons. The van der Waals surface area contributed by atoms with Crippen molar-refractivity contribution < 1.29 is 0 Å². The lowest BCUT2D eigenvalue weighted by molar-refractivity contribution is 0.157. The van der Waals surface area contributed by atoms with E-state index >= 15 is 0 Å². The van der Waals surface area contributed by atoms with Gasteiger partial charge in [-0.25, -0.2) is 0 Å². The Bertz CT molecular complexity index is 257. The van der Waals surface area contributed by atoms with Crippen molar-refractivity contribution in [2.75, 3.05) is 6.54 Å². The molecule has 0 bridgehead atoms. The highest BCUT2D eigenvalue weighted by atomic mass is 14.9. The molecule has 2 aliphatic rings. The third kappa shape index (κ3) is 5.93. The van der Waals surface area contributed by atoms with Gasteiger partial charge in [-0.15, -0.1) is 0 Å². The van der Waals surface area contributed by atoms with Crippen LogP contribution < -0.4 is 5.32 Å². The second-order valence-corrected chi connectivity index (χ2v) is 8.33. The Morgan fingerprint density at radius 2 is 1.52 bits per heavy atom. The predicted octanol–water partition coefficient (Wildman–Crippen LogP) is 5.79. The van der Waals surface area contributed by atoms with Crippen LogP contribution in [-0.2, 0) is 0 Å². The average molecular weight is 294 g/mol. The van der Waals surface area contributed by atoms with Gasteiger partial charge in [-0.3, -0.25) is 0 Å². The summed E-state index contributed by atoms with van der Waals surface area (Å²) in [6, 6.07) is 0.804. The molecular formula is C20H39N. The van der Waals surface area contributed by atoms with Gasteiger partial charge in [0.15, 0.2) is 0 Å². The Hall–Kier alpha value is -0.0400. The molecule has 21 heavy (non-hydrogen) atoms. The molecule has 0 aromatic heterocycles. The standard InChI is InChI=1S/C20H39N/c1-4-11-21-20(15-18-9-7-5-6-8-10-18)19-13-16(2)12-17(3)14-19/h16-21H,4-15H2,1-3H3. The van der Waals surface area contributed by atoms with Crippen LogP contribution in [0.1, 0.15) is 91.4 Å². The molecule has 3 unspecified atom stereocenters. The number of hydrogen-bond donors (Lipinski definition) is 1. The maximum absolute atomic E-state index is 3.95. The summed E-state index contributed by atoms with van der Waals surface area (Å²) in [5.41, 5.74) is 0. The Morgan fingerprint density at radius 3 is 2.10 bits per heavy atom. The lowest BCUT2D eigenvalue weighted by Crippen LogP contribution is -2.41. The Labute approximate surface area is 133 Å². The van der Waals surface area contributed by atoms with E-state index in [0.717, 1.165) is 29.7 Å². The summed E-state index contributed by atoms with van der Waals surface area (Å²) in [6.45, 7) is 8.48. The van der Waals surface area contributed by atoms with E-state index in [1.165, 1.54) is 77.2 Å². The molecule has 2 aliphatic carbocycles. The summed E-state index contributed by atoms with van der Waals surface area (Å²) in [4.78, 5) is 0. The maximum Gasteiger partial charge on any atom is 0.00981 e. The molecule has 0 spiro atoms. The molecule has 0 heterocycles. The summed E-state index contributed by atoms with van der Waals surface area (Å²) in [6.07, 6.45) is 16.1. The lowest BCUT2D eigenvalue weighted by atomic mass is 9.71. The van der Waals surface area contributed by atoms with Gasteiger partial charge in [0.1, 0.15) is 0 Å². The number of rotatable bonds is 6. The van der Waals surface area contributed by atoms with Crippen LogP contribution in [0, 0.1) is 23.7 Å². The van der Waals surface area contributed by atoms with E-state index in [-0.39, 0.29) is 0 Å². The van der Waals surface area contributed by atoms with Gasteiger partial charge < -0.3 is 5.32 Å². The largest absolute Gasteiger partial charge is 0.314 e. The van der Waals surface area contributed by atoms with Crippen LogP contribution in [0.3, 0.4) is 0 Å². The molecule has 0 aliphatic heterocycles. The van der Waals surface area contributed by atoms with E-state index < -0.39 is 0 Å². The third-order valence-electron chi connectivity index (χ3n) is 6.00. The Morgan fingerprint density at radius 1 is 0.905 bits per heavy atom. The zero-order chi connectivity index (χ0) is 15.1. The van der Waals surface area contributed by atoms with Gasteiger partial charge in [-0.2, -0.15) is 0 Å². The van der Waals surface area contributed by atoms with Crippen LogP contribution in [-0.4, -0.2) is 12.6 Å². The van der Waals surface area contributed by atoms with Gasteiger partial charge in [0.25, 0.3) is 0 Å². The average Bonchev–Trinajstić information content (AvgIpc) is 2.71. The van der Waals surface area contributed by atoms with Crippen molar-refractivity contribution in [3.05, 3.63) is 0 Å². The normalized spacial score (nSPS) is 33.6. The molecule has 1 heteroatoms. The van der Waals surface area contributed by atoms with E-state index in [4.69, 9.17) is 0 Å². The fourth-order valence-corrected chi connectivity index (χ4v) is 5.07. The highest BCUT2D eigenvalue weighted by Gasteiger charge is 2.31. The second kappa shape index (κ2) is 9.18. The minimum absolute atomic E-state index is 0.804. The Kier molecular flexibility index (Phi) is 7.57. The SMILES string of the molecule is CCCNC(CC1CCCCCC1)C1CC(C)CC(C)C1. The summed E-state index contributed by atoms with van der Waals surface area (Å²) in [7, 11) is 0. The third-order valence-corrected chi connectivity index (χ3v) is 6.00. The lowest BCUT2D eigenvalue weighted by Gasteiger charge is -2.38. The van der Waals surface area contributed by atoms with Crippen molar-refractivity contribution in [2.24, 2.45) is 23.7 Å². The smallest absolute Gasteiger partial charge is 0.00981 e. The van der Waals surface area contributed by atoms with Crippen LogP contribution in [0.2, 0.25) is 0 Å². The first-order chi connectivity index (χ1) is 10.2. The second-order valence-electron chi connectivity index (χ2n) is 8.33. The van der Waals surface area contributed by atoms with Gasteiger partial charge in [-0.05, 0) is 62.3 Å². The van der Waals surface area contributed by atoms with Crippen molar-refractivity contribution in [1.29, 1.82) is 0 Å². The first kappa shape index (κ1) is 17.3. The van der Waals surface area contributed by atoms with Crippen LogP contribution >= 0.6 is 0 Å². The molecule has 2 saturated carbocycles. The minimum atomic E-state index is 0.804. The number of hydrogen-bond acceptors (Lipinski definition) is 1. The van der Waals surface area contributed by atoms with E-state index in [2.05, 4.69) is 26.1 Å². The molecule has 2 rings (SSSR count). The topological polar surface area (TPSA) is 12.0 Å².